The molecule has 0 saturated heterocycles. The van der Waals surface area contributed by atoms with Gasteiger partial charge in [0.1, 0.15) is 5.69 Å². The third-order valence-electron chi connectivity index (χ3n) is 1.95. The molecule has 14 heavy (non-hydrogen) atoms. The number of aliphatic imine (C=N–C) groups is 1. The van der Waals surface area contributed by atoms with Gasteiger partial charge in [-0.1, -0.05) is 6.07 Å². The van der Waals surface area contributed by atoms with Gasteiger partial charge in [0, 0.05) is 6.20 Å². The number of rotatable bonds is 1. The third-order valence-corrected chi connectivity index (χ3v) is 2.81. The van der Waals surface area contributed by atoms with Gasteiger partial charge in [0.15, 0.2) is 11.7 Å². The summed E-state index contributed by atoms with van der Waals surface area (Å²) in [5, 5.41) is 6.36. The molecule has 67 valence electrons. The Morgan fingerprint density at radius 3 is 2.93 bits per heavy atom. The minimum Gasteiger partial charge on any atom is -0.235 e. The fraction of sp³-hybridized carbons (Fsp3) is 0. The number of thiophene rings is 1. The molecule has 3 nitrogen and oxygen atoms in total. The van der Waals surface area contributed by atoms with Crippen molar-refractivity contribution in [1.82, 2.24) is 10.3 Å². The van der Waals surface area contributed by atoms with Crippen LogP contribution in [0.1, 0.15) is 4.88 Å². The monoisotopic (exact) mass is 200 g/mol. The van der Waals surface area contributed by atoms with Crippen molar-refractivity contribution >= 4 is 28.7 Å². The fourth-order valence-corrected chi connectivity index (χ4v) is 1.97. The molecule has 0 bridgehead atoms. The maximum absolute atomic E-state index is 4.39. The zero-order valence-electron chi connectivity index (χ0n) is 7.21. The number of aromatic nitrogens is 1. The first-order valence-corrected chi connectivity index (χ1v) is 5.11. The first-order valence-electron chi connectivity index (χ1n) is 4.23. The molecule has 2 aromatic rings. The van der Waals surface area contributed by atoms with Crippen molar-refractivity contribution < 1.29 is 0 Å². The predicted octanol–water partition coefficient (Wildman–Crippen LogP) is 2.47. The molecule has 1 aliphatic heterocycles. The number of amidine groups is 1. The summed E-state index contributed by atoms with van der Waals surface area (Å²) in [5.41, 5.74) is 0.857. The molecular weight excluding hydrogens is 194 g/mol. The van der Waals surface area contributed by atoms with Crippen LogP contribution < -0.4 is 5.32 Å². The molecular formula is C10H6N3S. The largest absolute Gasteiger partial charge is 0.235 e. The summed E-state index contributed by atoms with van der Waals surface area (Å²) in [7, 11) is 0. The minimum atomic E-state index is 0.718. The van der Waals surface area contributed by atoms with Crippen molar-refractivity contribution in [3.63, 3.8) is 0 Å². The topological polar surface area (TPSA) is 39.4 Å². The van der Waals surface area contributed by atoms with Gasteiger partial charge < -0.3 is 0 Å². The number of nitrogens with zero attached hydrogens (tertiary/aromatic N) is 3. The van der Waals surface area contributed by atoms with Crippen LogP contribution in [-0.4, -0.2) is 10.8 Å². The first-order chi connectivity index (χ1) is 6.93. The Balaban J connectivity index is 2.04. The lowest BCUT2D eigenvalue weighted by molar-refractivity contribution is 1.18. The maximum atomic E-state index is 4.39. The van der Waals surface area contributed by atoms with Crippen LogP contribution in [0.15, 0.2) is 40.8 Å². The van der Waals surface area contributed by atoms with E-state index in [-0.39, 0.29) is 0 Å². The molecule has 0 spiro atoms. The quantitative estimate of drug-likeness (QED) is 0.697. The molecule has 0 fully saturated rings. The molecule has 3 heterocycles. The van der Waals surface area contributed by atoms with E-state index >= 15 is 0 Å². The lowest BCUT2D eigenvalue weighted by Crippen LogP contribution is -2.06. The van der Waals surface area contributed by atoms with E-state index in [1.54, 1.807) is 17.5 Å². The number of fused-ring (bicyclic) bond motifs is 1. The Bertz CT molecular complexity index is 488. The van der Waals surface area contributed by atoms with Crippen LogP contribution >= 0.6 is 11.3 Å². The summed E-state index contributed by atoms with van der Waals surface area (Å²) in [4.78, 5) is 9.62. The second kappa shape index (κ2) is 2.92. The van der Waals surface area contributed by atoms with Gasteiger partial charge in [0.2, 0.25) is 0 Å². The summed E-state index contributed by atoms with van der Waals surface area (Å²) < 4.78 is 0. The molecule has 4 heteroatoms. The Labute approximate surface area is 85.2 Å². The van der Waals surface area contributed by atoms with Crippen molar-refractivity contribution in [3.8, 4) is 0 Å². The summed E-state index contributed by atoms with van der Waals surface area (Å²) in [5.74, 6) is 1.49. The van der Waals surface area contributed by atoms with Crippen LogP contribution in [0.2, 0.25) is 0 Å². The number of pyridine rings is 1. The number of hydrogen-bond acceptors (Lipinski definition) is 3. The molecule has 2 aromatic heterocycles. The minimum absolute atomic E-state index is 0.718. The summed E-state index contributed by atoms with van der Waals surface area (Å²) in [6.45, 7) is 0. The zero-order valence-corrected chi connectivity index (χ0v) is 8.03. The van der Waals surface area contributed by atoms with Gasteiger partial charge in [-0.2, -0.15) is 0 Å². The van der Waals surface area contributed by atoms with Crippen LogP contribution in [0.25, 0.3) is 0 Å². The van der Waals surface area contributed by atoms with Crippen molar-refractivity contribution in [1.29, 1.82) is 0 Å². The van der Waals surface area contributed by atoms with E-state index < -0.39 is 0 Å². The van der Waals surface area contributed by atoms with E-state index in [0.717, 1.165) is 22.2 Å². The van der Waals surface area contributed by atoms with Crippen molar-refractivity contribution in [2.75, 3.05) is 0 Å². The van der Waals surface area contributed by atoms with E-state index in [2.05, 4.69) is 15.3 Å². The van der Waals surface area contributed by atoms with Gasteiger partial charge in [-0.15, -0.1) is 11.3 Å². The second-order valence-electron chi connectivity index (χ2n) is 2.87. The highest BCUT2D eigenvalue weighted by Gasteiger charge is 2.18. The summed E-state index contributed by atoms with van der Waals surface area (Å²) >= 11 is 1.64. The van der Waals surface area contributed by atoms with Gasteiger partial charge in [-0.25, -0.2) is 15.3 Å². The molecule has 3 rings (SSSR count). The lowest BCUT2D eigenvalue weighted by atomic mass is 10.4. The normalized spacial score (nSPS) is 13.3. The van der Waals surface area contributed by atoms with E-state index in [1.165, 1.54) is 0 Å². The molecule has 0 amide bonds. The highest BCUT2D eigenvalue weighted by atomic mass is 32.1. The first kappa shape index (κ1) is 7.70. The number of hydrogen-bond donors (Lipinski definition) is 0. The zero-order chi connectivity index (χ0) is 9.38. The van der Waals surface area contributed by atoms with Crippen LogP contribution in [0.3, 0.4) is 0 Å². The predicted molar refractivity (Wildman–Crippen MR) is 56.5 cm³/mol. The SMILES string of the molecule is c1csc(C2=Nc3cccnc3[N]2)c1. The highest BCUT2D eigenvalue weighted by Crippen LogP contribution is 2.29. The van der Waals surface area contributed by atoms with Crippen molar-refractivity contribution in [3.05, 3.63) is 40.7 Å². The van der Waals surface area contributed by atoms with E-state index in [1.807, 2.05) is 29.6 Å². The Hall–Kier alpha value is -1.68. The van der Waals surface area contributed by atoms with Gasteiger partial charge in [-0.3, -0.25) is 0 Å². The van der Waals surface area contributed by atoms with Crippen molar-refractivity contribution in [2.45, 2.75) is 0 Å². The maximum Gasteiger partial charge on any atom is 0.180 e. The summed E-state index contributed by atoms with van der Waals surface area (Å²) in [6.07, 6.45) is 1.73. The third kappa shape index (κ3) is 1.12. The Kier molecular flexibility index (Phi) is 1.61. The molecule has 0 saturated carbocycles. The molecule has 0 N–H and O–H groups in total. The van der Waals surface area contributed by atoms with Gasteiger partial charge in [0.05, 0.1) is 4.88 Å². The highest BCUT2D eigenvalue weighted by molar-refractivity contribution is 7.12. The smallest absolute Gasteiger partial charge is 0.180 e. The second-order valence-corrected chi connectivity index (χ2v) is 3.82. The van der Waals surface area contributed by atoms with Crippen LogP contribution in [-0.2, 0) is 0 Å². The molecule has 1 aliphatic rings. The molecule has 0 aromatic carbocycles. The Morgan fingerprint density at radius 1 is 1.14 bits per heavy atom. The van der Waals surface area contributed by atoms with Crippen LogP contribution in [0.5, 0.6) is 0 Å². The molecule has 0 atom stereocenters. The van der Waals surface area contributed by atoms with Gasteiger partial charge in [-0.05, 0) is 23.6 Å². The van der Waals surface area contributed by atoms with Gasteiger partial charge >= 0.3 is 0 Å². The standard InChI is InChI=1S/C10H6N3S/c1-3-7-9(11-5-1)13-10(12-7)8-4-2-6-14-8/h1-6H. The molecule has 1 radical (unpaired) electrons. The van der Waals surface area contributed by atoms with Gasteiger partial charge in [0.25, 0.3) is 0 Å². The fourth-order valence-electron chi connectivity index (χ4n) is 1.32. The van der Waals surface area contributed by atoms with E-state index in [0.29, 0.717) is 0 Å². The average molecular weight is 200 g/mol. The molecule has 0 unspecified atom stereocenters. The van der Waals surface area contributed by atoms with Crippen LogP contribution in [0.4, 0.5) is 11.5 Å². The van der Waals surface area contributed by atoms with Crippen molar-refractivity contribution in [2.24, 2.45) is 4.99 Å². The van der Waals surface area contributed by atoms with E-state index in [4.69, 9.17) is 0 Å². The Morgan fingerprint density at radius 2 is 2.14 bits per heavy atom. The average Bonchev–Trinajstić information content (AvgIpc) is 2.86. The summed E-state index contributed by atoms with van der Waals surface area (Å²) in [6, 6.07) is 7.80. The van der Waals surface area contributed by atoms with E-state index in [9.17, 15) is 0 Å². The molecule has 0 aliphatic carbocycles. The lowest BCUT2D eigenvalue weighted by Gasteiger charge is -1.93. The van der Waals surface area contributed by atoms with Crippen LogP contribution in [0, 0.1) is 0 Å².